The topological polar surface area (TPSA) is 74.4 Å². The summed E-state index contributed by atoms with van der Waals surface area (Å²) in [5, 5.41) is 2.36. The molecule has 0 amide bonds. The standard InChI is InChI=1S/C12H15N3O3S/c16-19(17,14-15-5-7-18-8-6-15)12-9-13-11-4-2-1-3-10(11)12/h1-4,9,13-14H,5-8H2. The average Bonchev–Trinajstić information content (AvgIpc) is 2.84. The smallest absolute Gasteiger partial charge is 0.255 e. The molecule has 1 aliphatic rings. The highest BCUT2D eigenvalue weighted by molar-refractivity contribution is 7.89. The largest absolute Gasteiger partial charge is 0.379 e. The molecule has 0 saturated carbocycles. The number of hydrogen-bond acceptors (Lipinski definition) is 4. The minimum Gasteiger partial charge on any atom is -0.379 e. The number of ether oxygens (including phenoxy) is 1. The van der Waals surface area contributed by atoms with Crippen molar-refractivity contribution in [3.8, 4) is 0 Å². The van der Waals surface area contributed by atoms with Crippen LogP contribution in [0.2, 0.25) is 0 Å². The normalized spacial score (nSPS) is 17.9. The number of hydrazine groups is 1. The molecule has 0 unspecified atom stereocenters. The second-order valence-corrected chi connectivity index (χ2v) is 6.02. The summed E-state index contributed by atoms with van der Waals surface area (Å²) in [5.74, 6) is 0. The molecule has 1 aromatic heterocycles. The van der Waals surface area contributed by atoms with Crippen LogP contribution < -0.4 is 4.83 Å². The van der Waals surface area contributed by atoms with E-state index in [0.29, 0.717) is 31.7 Å². The molecule has 0 radical (unpaired) electrons. The minimum atomic E-state index is -3.55. The van der Waals surface area contributed by atoms with E-state index in [-0.39, 0.29) is 4.90 Å². The number of morpholine rings is 1. The summed E-state index contributed by atoms with van der Waals surface area (Å²) >= 11 is 0. The van der Waals surface area contributed by atoms with Gasteiger partial charge in [-0.25, -0.2) is 13.4 Å². The lowest BCUT2D eigenvalue weighted by Gasteiger charge is -2.26. The van der Waals surface area contributed by atoms with Crippen LogP contribution in [0, 0.1) is 0 Å². The van der Waals surface area contributed by atoms with Gasteiger partial charge in [-0.05, 0) is 6.07 Å². The number of sulfonamides is 1. The van der Waals surface area contributed by atoms with E-state index in [1.54, 1.807) is 11.1 Å². The van der Waals surface area contributed by atoms with Crippen molar-refractivity contribution >= 4 is 20.9 Å². The van der Waals surface area contributed by atoms with Gasteiger partial charge in [-0.2, -0.15) is 0 Å². The van der Waals surface area contributed by atoms with Crippen LogP contribution in [0.25, 0.3) is 10.9 Å². The third-order valence-electron chi connectivity index (χ3n) is 3.10. The predicted molar refractivity (Wildman–Crippen MR) is 71.0 cm³/mol. The SMILES string of the molecule is O=S(=O)(NN1CCOCC1)c1c[nH]c2ccccc12. The number of aromatic nitrogens is 1. The molecule has 102 valence electrons. The molecule has 7 heteroatoms. The lowest BCUT2D eigenvalue weighted by Crippen LogP contribution is -2.48. The molecule has 0 spiro atoms. The zero-order valence-corrected chi connectivity index (χ0v) is 11.1. The fourth-order valence-electron chi connectivity index (χ4n) is 2.14. The van der Waals surface area contributed by atoms with Crippen LogP contribution in [0.15, 0.2) is 35.4 Å². The number of aromatic amines is 1. The highest BCUT2D eigenvalue weighted by atomic mass is 32.2. The number of hydrogen-bond donors (Lipinski definition) is 2. The number of H-pyrrole nitrogens is 1. The maximum Gasteiger partial charge on any atom is 0.255 e. The van der Waals surface area contributed by atoms with E-state index in [4.69, 9.17) is 4.74 Å². The van der Waals surface area contributed by atoms with Crippen molar-refractivity contribution in [2.45, 2.75) is 4.90 Å². The van der Waals surface area contributed by atoms with Gasteiger partial charge in [0, 0.05) is 30.2 Å². The third kappa shape index (κ3) is 2.50. The summed E-state index contributed by atoms with van der Waals surface area (Å²) in [4.78, 5) is 5.84. The first kappa shape index (κ1) is 12.6. The van der Waals surface area contributed by atoms with E-state index in [9.17, 15) is 8.42 Å². The van der Waals surface area contributed by atoms with Gasteiger partial charge in [0.25, 0.3) is 10.0 Å². The Labute approximate surface area is 111 Å². The van der Waals surface area contributed by atoms with Gasteiger partial charge < -0.3 is 9.72 Å². The first-order valence-electron chi connectivity index (χ1n) is 6.08. The number of rotatable bonds is 3. The van der Waals surface area contributed by atoms with E-state index < -0.39 is 10.0 Å². The highest BCUT2D eigenvalue weighted by Gasteiger charge is 2.22. The van der Waals surface area contributed by atoms with Gasteiger partial charge in [-0.15, -0.1) is 4.83 Å². The summed E-state index contributed by atoms with van der Waals surface area (Å²) < 4.78 is 29.9. The summed E-state index contributed by atoms with van der Waals surface area (Å²) in [5.41, 5.74) is 0.810. The van der Waals surface area contributed by atoms with Crippen molar-refractivity contribution in [2.75, 3.05) is 26.3 Å². The van der Waals surface area contributed by atoms with Crippen LogP contribution in [0.1, 0.15) is 0 Å². The van der Waals surface area contributed by atoms with E-state index in [1.807, 2.05) is 18.2 Å². The molecule has 3 rings (SSSR count). The lowest BCUT2D eigenvalue weighted by atomic mass is 10.2. The number of nitrogens with one attached hydrogen (secondary N) is 2. The van der Waals surface area contributed by atoms with Crippen molar-refractivity contribution in [3.05, 3.63) is 30.5 Å². The Morgan fingerprint density at radius 1 is 1.21 bits per heavy atom. The monoisotopic (exact) mass is 281 g/mol. The zero-order valence-electron chi connectivity index (χ0n) is 10.3. The fourth-order valence-corrected chi connectivity index (χ4v) is 3.44. The molecular weight excluding hydrogens is 266 g/mol. The summed E-state index contributed by atoms with van der Waals surface area (Å²) in [6, 6.07) is 7.33. The maximum atomic E-state index is 12.4. The molecular formula is C12H15N3O3S. The maximum absolute atomic E-state index is 12.4. The highest BCUT2D eigenvalue weighted by Crippen LogP contribution is 2.22. The summed E-state index contributed by atoms with van der Waals surface area (Å²) in [6.07, 6.45) is 1.52. The van der Waals surface area contributed by atoms with Crippen molar-refractivity contribution in [1.82, 2.24) is 14.8 Å². The van der Waals surface area contributed by atoms with Crippen LogP contribution in [-0.2, 0) is 14.8 Å². The number of para-hydroxylation sites is 1. The van der Waals surface area contributed by atoms with Crippen LogP contribution >= 0.6 is 0 Å². The number of nitrogens with zero attached hydrogens (tertiary/aromatic N) is 1. The second kappa shape index (κ2) is 4.93. The van der Waals surface area contributed by atoms with Crippen LogP contribution in [-0.4, -0.2) is 44.7 Å². The quantitative estimate of drug-likeness (QED) is 0.868. The molecule has 19 heavy (non-hydrogen) atoms. The molecule has 0 bridgehead atoms. The molecule has 0 aliphatic carbocycles. The lowest BCUT2D eigenvalue weighted by molar-refractivity contribution is 0.0272. The van der Waals surface area contributed by atoms with Crippen LogP contribution in [0.4, 0.5) is 0 Å². The Kier molecular flexibility index (Phi) is 3.28. The Morgan fingerprint density at radius 2 is 1.95 bits per heavy atom. The van der Waals surface area contributed by atoms with E-state index in [2.05, 4.69) is 9.82 Å². The van der Waals surface area contributed by atoms with Gasteiger partial charge in [-0.3, -0.25) is 0 Å². The van der Waals surface area contributed by atoms with Crippen LogP contribution in [0.5, 0.6) is 0 Å². The summed E-state index contributed by atoms with van der Waals surface area (Å²) in [6.45, 7) is 2.19. The van der Waals surface area contributed by atoms with Gasteiger partial charge in [-0.1, -0.05) is 18.2 Å². The molecule has 2 N–H and O–H groups in total. The van der Waals surface area contributed by atoms with Crippen LogP contribution in [0.3, 0.4) is 0 Å². The van der Waals surface area contributed by atoms with Crippen molar-refractivity contribution in [1.29, 1.82) is 0 Å². The molecule has 1 saturated heterocycles. The average molecular weight is 281 g/mol. The van der Waals surface area contributed by atoms with Crippen molar-refractivity contribution in [2.24, 2.45) is 0 Å². The second-order valence-electron chi connectivity index (χ2n) is 4.39. The van der Waals surface area contributed by atoms with Gasteiger partial charge >= 0.3 is 0 Å². The third-order valence-corrected chi connectivity index (χ3v) is 4.52. The Hall–Kier alpha value is -1.41. The Morgan fingerprint density at radius 3 is 2.74 bits per heavy atom. The molecule has 2 aromatic rings. The zero-order chi connectivity index (χ0) is 13.3. The van der Waals surface area contributed by atoms with Gasteiger partial charge in [0.1, 0.15) is 4.90 Å². The number of fused-ring (bicyclic) bond motifs is 1. The molecule has 2 heterocycles. The summed E-state index contributed by atoms with van der Waals surface area (Å²) in [7, 11) is -3.55. The first-order chi connectivity index (χ1) is 9.17. The predicted octanol–water partition coefficient (Wildman–Crippen LogP) is 0.693. The molecule has 1 aliphatic heterocycles. The number of benzene rings is 1. The fraction of sp³-hybridized carbons (Fsp3) is 0.333. The minimum absolute atomic E-state index is 0.273. The first-order valence-corrected chi connectivity index (χ1v) is 7.56. The molecule has 0 atom stereocenters. The van der Waals surface area contributed by atoms with Crippen molar-refractivity contribution < 1.29 is 13.2 Å². The van der Waals surface area contributed by atoms with Gasteiger partial charge in [0.2, 0.25) is 0 Å². The molecule has 1 fully saturated rings. The Balaban J connectivity index is 1.91. The molecule has 6 nitrogen and oxygen atoms in total. The van der Waals surface area contributed by atoms with Gasteiger partial charge in [0.05, 0.1) is 13.2 Å². The molecule has 1 aromatic carbocycles. The van der Waals surface area contributed by atoms with E-state index in [0.717, 1.165) is 5.52 Å². The Bertz CT molecular complexity index is 674. The van der Waals surface area contributed by atoms with Gasteiger partial charge in [0.15, 0.2) is 0 Å². The van der Waals surface area contributed by atoms with Crippen molar-refractivity contribution in [3.63, 3.8) is 0 Å². The van der Waals surface area contributed by atoms with E-state index >= 15 is 0 Å². The van der Waals surface area contributed by atoms with E-state index in [1.165, 1.54) is 6.20 Å².